The molecule has 0 radical (unpaired) electrons. The smallest absolute Gasteiger partial charge is 0.306 e. The van der Waals surface area contributed by atoms with Gasteiger partial charge < -0.3 is 25.0 Å². The Labute approximate surface area is 333 Å². The molecule has 1 saturated heterocycles. The number of aliphatic hydroxyl groups is 2. The van der Waals surface area contributed by atoms with Gasteiger partial charge in [-0.15, -0.1) is 24.1 Å². The van der Waals surface area contributed by atoms with Gasteiger partial charge in [0, 0.05) is 38.0 Å². The Hall–Kier alpha value is -2.39. The average molecular weight is 783 g/mol. The van der Waals surface area contributed by atoms with Gasteiger partial charge in [0.05, 0.1) is 24.5 Å². The lowest BCUT2D eigenvalue weighted by Crippen LogP contribution is -2.70. The Morgan fingerprint density at radius 1 is 1.04 bits per heavy atom. The quantitative estimate of drug-likeness (QED) is 0.0741. The van der Waals surface area contributed by atoms with E-state index >= 15 is 0 Å². The third-order valence-corrected chi connectivity index (χ3v) is 16.6. The van der Waals surface area contributed by atoms with Crippen molar-refractivity contribution in [2.75, 3.05) is 25.6 Å². The van der Waals surface area contributed by atoms with E-state index in [1.807, 2.05) is 13.8 Å². The normalized spacial score (nSPS) is 37.7. The van der Waals surface area contributed by atoms with Crippen LogP contribution in [0.25, 0.3) is 0 Å². The highest BCUT2D eigenvalue weighted by Gasteiger charge is 2.63. The maximum Gasteiger partial charge on any atom is 0.306 e. The average Bonchev–Trinajstić information content (AvgIpc) is 3.50. The van der Waals surface area contributed by atoms with E-state index in [-0.39, 0.29) is 71.9 Å². The third kappa shape index (κ3) is 8.45. The fourth-order valence-electron chi connectivity index (χ4n) is 12.3. The number of carbonyl (C=O) groups excluding carboxylic acids is 4. The number of hydrogen-bond donors (Lipinski definition) is 3. The highest BCUT2D eigenvalue weighted by atomic mass is 32.2. The van der Waals surface area contributed by atoms with Crippen LogP contribution in [0.1, 0.15) is 125 Å². The molecule has 0 aromatic heterocycles. The van der Waals surface area contributed by atoms with E-state index in [9.17, 15) is 29.4 Å². The van der Waals surface area contributed by atoms with Gasteiger partial charge in [0.1, 0.15) is 18.0 Å². The van der Waals surface area contributed by atoms with Crippen LogP contribution in [0.3, 0.4) is 0 Å². The standard InChI is InChI=1S/C44H66N2O8S/c1-7-9-28(22-37(51)54-20-19-53-18-8-2)21-35(49)40-27(4)25-55-42-39(41(52)46(40)42)45-36(50)13-10-26(3)31-11-12-32-38-33(15-17-44(31,32)6)43(5)16-14-30(47)23-29(43)24-34(38)48/h1,26,28-34,38-39,42,47-48H,8-25H2,2-6H3,(H,45,50). The van der Waals surface area contributed by atoms with Gasteiger partial charge in [-0.25, -0.2) is 0 Å². The maximum atomic E-state index is 13.7. The minimum atomic E-state index is -0.683. The van der Waals surface area contributed by atoms with E-state index < -0.39 is 17.9 Å². The Kier molecular flexibility index (Phi) is 13.5. The largest absolute Gasteiger partial charge is 0.463 e. The number of hydrogen-bond acceptors (Lipinski definition) is 9. The number of terminal acetylenes is 1. The summed E-state index contributed by atoms with van der Waals surface area (Å²) in [5.41, 5.74) is 1.50. The molecule has 2 aliphatic heterocycles. The minimum absolute atomic E-state index is 0.00856. The van der Waals surface area contributed by atoms with Gasteiger partial charge in [0.25, 0.3) is 5.91 Å². The van der Waals surface area contributed by atoms with Crippen LogP contribution in [-0.2, 0) is 28.7 Å². The molecule has 2 amide bonds. The lowest BCUT2D eigenvalue weighted by molar-refractivity contribution is -0.174. The topological polar surface area (TPSA) is 142 Å². The van der Waals surface area contributed by atoms with Gasteiger partial charge in [-0.3, -0.25) is 24.1 Å². The summed E-state index contributed by atoms with van der Waals surface area (Å²) in [6.07, 6.45) is 15.4. The fraction of sp³-hybridized carbons (Fsp3) is 0.818. The van der Waals surface area contributed by atoms with Crippen LogP contribution in [0.4, 0.5) is 0 Å². The van der Waals surface area contributed by atoms with Crippen LogP contribution in [-0.4, -0.2) is 87.9 Å². The molecule has 10 nitrogen and oxygen atoms in total. The van der Waals surface area contributed by atoms with Gasteiger partial charge in [0.15, 0.2) is 5.78 Å². The van der Waals surface area contributed by atoms with E-state index in [0.717, 1.165) is 69.8 Å². The van der Waals surface area contributed by atoms with Gasteiger partial charge >= 0.3 is 5.97 Å². The number of fused-ring (bicyclic) bond motifs is 6. The third-order valence-electron chi connectivity index (χ3n) is 15.2. The Morgan fingerprint density at radius 2 is 1.78 bits per heavy atom. The van der Waals surface area contributed by atoms with Gasteiger partial charge in [-0.05, 0) is 129 Å². The van der Waals surface area contributed by atoms with Crippen molar-refractivity contribution >= 4 is 35.3 Å². The highest BCUT2D eigenvalue weighted by Crippen LogP contribution is 2.68. The summed E-state index contributed by atoms with van der Waals surface area (Å²) < 4.78 is 10.7. The van der Waals surface area contributed by atoms with Gasteiger partial charge in [-0.2, -0.15) is 0 Å². The Bertz CT molecular complexity index is 1530. The number of nitrogens with zero attached hydrogens (tertiary/aromatic N) is 1. The SMILES string of the molecule is C#CCC(CC(=O)OCCOCCC)CC(=O)C1=C(C)CSC2C(NC(=O)CCC(C)C3CCC4C5C(O)CC6CC(O)CCC6(C)C5CCC34C)C(=O)N12. The number of thioether (sulfide) groups is 1. The molecule has 4 aliphatic carbocycles. The Morgan fingerprint density at radius 3 is 2.53 bits per heavy atom. The molecule has 0 aromatic rings. The molecule has 4 saturated carbocycles. The van der Waals surface area contributed by atoms with E-state index in [1.165, 1.54) is 4.90 Å². The van der Waals surface area contributed by atoms with Crippen LogP contribution in [0.15, 0.2) is 11.3 Å². The summed E-state index contributed by atoms with van der Waals surface area (Å²) in [4.78, 5) is 54.6. The van der Waals surface area contributed by atoms with Crippen LogP contribution >= 0.6 is 11.8 Å². The second-order valence-electron chi connectivity index (χ2n) is 18.5. The molecule has 55 heavy (non-hydrogen) atoms. The van der Waals surface area contributed by atoms with Crippen LogP contribution in [0, 0.1) is 64.6 Å². The number of ketones is 1. The molecule has 306 valence electrons. The number of ether oxygens (including phenoxy) is 2. The molecule has 0 spiro atoms. The second kappa shape index (κ2) is 17.6. The summed E-state index contributed by atoms with van der Waals surface area (Å²) in [5.74, 6) is 4.17. The van der Waals surface area contributed by atoms with Crippen molar-refractivity contribution in [3.63, 3.8) is 0 Å². The van der Waals surface area contributed by atoms with Crippen molar-refractivity contribution in [2.24, 2.45) is 52.3 Å². The summed E-state index contributed by atoms with van der Waals surface area (Å²) in [6, 6.07) is -0.683. The molecule has 0 aromatic carbocycles. The molecule has 2 heterocycles. The zero-order valence-electron chi connectivity index (χ0n) is 33.9. The summed E-state index contributed by atoms with van der Waals surface area (Å²) in [5, 5.41) is 24.7. The molecule has 5 fully saturated rings. The van der Waals surface area contributed by atoms with Crippen LogP contribution < -0.4 is 5.32 Å². The molecular weight excluding hydrogens is 717 g/mol. The summed E-state index contributed by atoms with van der Waals surface area (Å²) in [7, 11) is 0. The summed E-state index contributed by atoms with van der Waals surface area (Å²) >= 11 is 1.55. The number of aliphatic hydroxyl groups excluding tert-OH is 2. The monoisotopic (exact) mass is 782 g/mol. The van der Waals surface area contributed by atoms with Gasteiger partial charge in [0.2, 0.25) is 5.91 Å². The zero-order valence-corrected chi connectivity index (χ0v) is 34.7. The number of Topliss-reactive ketones (excluding diaryl/α,β-unsaturated/α-hetero) is 1. The van der Waals surface area contributed by atoms with E-state index in [0.29, 0.717) is 66.6 Å². The number of rotatable bonds is 16. The molecule has 6 rings (SSSR count). The lowest BCUT2D eigenvalue weighted by Gasteiger charge is -2.62. The first-order valence-corrected chi connectivity index (χ1v) is 22.3. The number of allylic oxidation sites excluding steroid dienone is 1. The van der Waals surface area contributed by atoms with Crippen molar-refractivity contribution in [2.45, 2.75) is 148 Å². The van der Waals surface area contributed by atoms with Crippen molar-refractivity contribution in [3.8, 4) is 12.3 Å². The number of amides is 2. The molecule has 0 bridgehead atoms. The second-order valence-corrected chi connectivity index (χ2v) is 19.6. The van der Waals surface area contributed by atoms with Crippen molar-refractivity contribution < 1.29 is 38.9 Å². The minimum Gasteiger partial charge on any atom is -0.463 e. The zero-order chi connectivity index (χ0) is 39.7. The number of carbonyl (C=O) groups is 4. The first-order valence-electron chi connectivity index (χ1n) is 21.2. The van der Waals surface area contributed by atoms with E-state index in [2.05, 4.69) is 32.0 Å². The van der Waals surface area contributed by atoms with E-state index in [1.54, 1.807) is 11.8 Å². The molecule has 13 atom stereocenters. The molecular formula is C44H66N2O8S. The molecule has 13 unspecified atom stereocenters. The molecule has 6 aliphatic rings. The number of β-lactam (4-membered cyclic amide) rings is 1. The fourth-order valence-corrected chi connectivity index (χ4v) is 13.6. The number of esters is 1. The molecule has 3 N–H and O–H groups in total. The van der Waals surface area contributed by atoms with Crippen molar-refractivity contribution in [3.05, 3.63) is 11.3 Å². The number of nitrogens with one attached hydrogen (secondary N) is 1. The van der Waals surface area contributed by atoms with Crippen molar-refractivity contribution in [1.29, 1.82) is 0 Å². The first-order chi connectivity index (χ1) is 26.2. The van der Waals surface area contributed by atoms with Crippen molar-refractivity contribution in [1.82, 2.24) is 10.2 Å². The lowest BCUT2D eigenvalue weighted by atomic mass is 9.43. The van der Waals surface area contributed by atoms with Crippen LogP contribution in [0.2, 0.25) is 0 Å². The molecule has 11 heteroatoms. The summed E-state index contributed by atoms with van der Waals surface area (Å²) in [6.45, 7) is 12.1. The Balaban J connectivity index is 0.996. The van der Waals surface area contributed by atoms with E-state index in [4.69, 9.17) is 15.9 Å². The first kappa shape index (κ1) is 42.2. The van der Waals surface area contributed by atoms with Crippen LogP contribution in [0.5, 0.6) is 0 Å². The highest BCUT2D eigenvalue weighted by molar-refractivity contribution is 8.00. The van der Waals surface area contributed by atoms with Gasteiger partial charge in [-0.1, -0.05) is 27.7 Å². The predicted molar refractivity (Wildman–Crippen MR) is 212 cm³/mol. The predicted octanol–water partition coefficient (Wildman–Crippen LogP) is 6.03. The maximum absolute atomic E-state index is 13.7.